The van der Waals surface area contributed by atoms with Crippen molar-refractivity contribution in [2.45, 2.75) is 38.9 Å². The van der Waals surface area contributed by atoms with E-state index in [0.29, 0.717) is 24.3 Å². The van der Waals surface area contributed by atoms with E-state index >= 15 is 0 Å². The zero-order valence-electron chi connectivity index (χ0n) is 13.4. The highest BCUT2D eigenvalue weighted by Gasteiger charge is 2.38. The van der Waals surface area contributed by atoms with Crippen LogP contribution >= 0.6 is 0 Å². The Morgan fingerprint density at radius 1 is 1.05 bits per heavy atom. The number of benzene rings is 1. The summed E-state index contributed by atoms with van der Waals surface area (Å²) in [4.78, 5) is 25.7. The summed E-state index contributed by atoms with van der Waals surface area (Å²) < 4.78 is 6.04. The quantitative estimate of drug-likeness (QED) is 0.633. The number of rotatable bonds is 4. The van der Waals surface area contributed by atoms with Gasteiger partial charge in [0.2, 0.25) is 0 Å². The molecule has 1 aliphatic rings. The molecule has 0 aliphatic carbocycles. The molecule has 0 fully saturated rings. The van der Waals surface area contributed by atoms with Gasteiger partial charge in [0.25, 0.3) is 11.8 Å². The Bertz CT molecular complexity index is 540. The van der Waals surface area contributed by atoms with Gasteiger partial charge in [-0.15, -0.1) is 0 Å². The number of carbonyl (C=O) groups is 2. The van der Waals surface area contributed by atoms with Crippen LogP contribution in [-0.4, -0.2) is 38.2 Å². The van der Waals surface area contributed by atoms with Gasteiger partial charge >= 0.3 is 0 Å². The van der Waals surface area contributed by atoms with Gasteiger partial charge < -0.3 is 4.43 Å². The number of hydrogen-bond acceptors (Lipinski definition) is 3. The Hall–Kier alpha value is -1.46. The molecule has 0 N–H and O–H groups in total. The van der Waals surface area contributed by atoms with Crippen LogP contribution in [0.15, 0.2) is 24.3 Å². The fraction of sp³-hybridized carbons (Fsp3) is 0.500. The number of fused-ring (bicyclic) bond motifs is 1. The van der Waals surface area contributed by atoms with Crippen LogP contribution in [0.1, 0.15) is 41.5 Å². The minimum atomic E-state index is -1.85. The Morgan fingerprint density at radius 2 is 1.52 bits per heavy atom. The molecule has 2 amide bonds. The van der Waals surface area contributed by atoms with Gasteiger partial charge in [0.1, 0.15) is 0 Å². The van der Waals surface area contributed by atoms with Gasteiger partial charge in [0.15, 0.2) is 8.32 Å². The topological polar surface area (TPSA) is 46.6 Å². The lowest BCUT2D eigenvalue weighted by molar-refractivity contribution is 0.0627. The van der Waals surface area contributed by atoms with Crippen LogP contribution in [-0.2, 0) is 4.43 Å². The molecule has 1 aliphatic heterocycles. The largest absolute Gasteiger partial charge is 0.415 e. The maximum absolute atomic E-state index is 12.2. The molecule has 0 atom stereocenters. The van der Waals surface area contributed by atoms with Crippen molar-refractivity contribution in [1.82, 2.24) is 4.90 Å². The van der Waals surface area contributed by atoms with E-state index in [0.717, 1.165) is 0 Å². The van der Waals surface area contributed by atoms with E-state index in [9.17, 15) is 9.59 Å². The summed E-state index contributed by atoms with van der Waals surface area (Å²) in [6.07, 6.45) is 0. The van der Waals surface area contributed by atoms with Crippen molar-refractivity contribution in [2.75, 3.05) is 13.2 Å². The summed E-state index contributed by atoms with van der Waals surface area (Å²) in [5.74, 6) is -0.427. The second kappa shape index (κ2) is 5.39. The maximum Gasteiger partial charge on any atom is 0.261 e. The maximum atomic E-state index is 12.2. The molecule has 0 bridgehead atoms. The van der Waals surface area contributed by atoms with E-state index in [1.165, 1.54) is 4.90 Å². The highest BCUT2D eigenvalue weighted by molar-refractivity contribution is 6.74. The Labute approximate surface area is 127 Å². The highest BCUT2D eigenvalue weighted by atomic mass is 28.4. The van der Waals surface area contributed by atoms with Gasteiger partial charge in [-0.3, -0.25) is 14.5 Å². The molecule has 2 rings (SSSR count). The number of carbonyl (C=O) groups excluding carboxylic acids is 2. The first-order valence-electron chi connectivity index (χ1n) is 7.24. The van der Waals surface area contributed by atoms with Crippen LogP contribution in [0.3, 0.4) is 0 Å². The first-order valence-corrected chi connectivity index (χ1v) is 10.2. The molecule has 1 aromatic rings. The number of nitrogens with zero attached hydrogens (tertiary/aromatic N) is 1. The fourth-order valence-electron chi connectivity index (χ4n) is 2.05. The van der Waals surface area contributed by atoms with Gasteiger partial charge in [-0.2, -0.15) is 0 Å². The van der Waals surface area contributed by atoms with Crippen LogP contribution < -0.4 is 0 Å². The third-order valence-corrected chi connectivity index (χ3v) is 9.00. The minimum Gasteiger partial charge on any atom is -0.415 e. The summed E-state index contributed by atoms with van der Waals surface area (Å²) in [6.45, 7) is 11.6. The van der Waals surface area contributed by atoms with E-state index in [2.05, 4.69) is 33.9 Å². The molecule has 0 saturated carbocycles. The van der Waals surface area contributed by atoms with E-state index < -0.39 is 8.32 Å². The summed E-state index contributed by atoms with van der Waals surface area (Å²) in [7, 11) is -1.85. The molecule has 0 spiro atoms. The van der Waals surface area contributed by atoms with Gasteiger partial charge in [-0.25, -0.2) is 0 Å². The van der Waals surface area contributed by atoms with Crippen molar-refractivity contribution in [3.8, 4) is 0 Å². The Kier molecular flexibility index (Phi) is 4.08. The zero-order valence-corrected chi connectivity index (χ0v) is 14.4. The molecule has 5 heteroatoms. The van der Waals surface area contributed by atoms with Gasteiger partial charge in [-0.1, -0.05) is 32.9 Å². The van der Waals surface area contributed by atoms with Gasteiger partial charge in [0.05, 0.1) is 24.3 Å². The van der Waals surface area contributed by atoms with Crippen LogP contribution in [0, 0.1) is 0 Å². The van der Waals surface area contributed by atoms with Crippen LogP contribution in [0.5, 0.6) is 0 Å². The molecule has 0 aromatic heterocycles. The predicted octanol–water partition coefficient (Wildman–Crippen LogP) is 3.30. The molecule has 1 aromatic carbocycles. The molecule has 0 saturated heterocycles. The standard InChI is InChI=1S/C16H23NO3Si/c1-16(2,3)21(4,5)20-11-10-17-14(18)12-8-6-7-9-13(12)15(17)19/h6-9H,10-11H2,1-5H3. The van der Waals surface area contributed by atoms with Crippen molar-refractivity contribution in [3.63, 3.8) is 0 Å². The number of amides is 2. The van der Waals surface area contributed by atoms with Crippen molar-refractivity contribution < 1.29 is 14.0 Å². The van der Waals surface area contributed by atoms with Gasteiger partial charge in [0, 0.05) is 0 Å². The summed E-state index contributed by atoms with van der Waals surface area (Å²) >= 11 is 0. The predicted molar refractivity (Wildman–Crippen MR) is 85.0 cm³/mol. The second-order valence-electron chi connectivity index (χ2n) is 6.92. The third-order valence-electron chi connectivity index (χ3n) is 4.46. The fourth-order valence-corrected chi connectivity index (χ4v) is 3.09. The smallest absolute Gasteiger partial charge is 0.261 e. The molecule has 0 unspecified atom stereocenters. The van der Waals surface area contributed by atoms with Crippen molar-refractivity contribution in [2.24, 2.45) is 0 Å². The molecular weight excluding hydrogens is 282 g/mol. The van der Waals surface area contributed by atoms with Crippen molar-refractivity contribution >= 4 is 20.1 Å². The van der Waals surface area contributed by atoms with Crippen LogP contribution in [0.25, 0.3) is 0 Å². The first kappa shape index (κ1) is 15.9. The number of imide groups is 1. The van der Waals surface area contributed by atoms with E-state index in [4.69, 9.17) is 4.43 Å². The van der Waals surface area contributed by atoms with Crippen LogP contribution in [0.2, 0.25) is 18.1 Å². The lowest BCUT2D eigenvalue weighted by Crippen LogP contribution is -2.43. The molecule has 21 heavy (non-hydrogen) atoms. The third kappa shape index (κ3) is 2.94. The molecular formula is C16H23NO3Si. The average Bonchev–Trinajstić information content (AvgIpc) is 2.63. The lowest BCUT2D eigenvalue weighted by atomic mass is 10.1. The zero-order chi connectivity index (χ0) is 15.8. The molecule has 0 radical (unpaired) electrons. The van der Waals surface area contributed by atoms with Crippen LogP contribution in [0.4, 0.5) is 0 Å². The molecule has 1 heterocycles. The summed E-state index contributed by atoms with van der Waals surface area (Å²) in [5, 5.41) is 0.120. The Balaban J connectivity index is 2.01. The molecule has 4 nitrogen and oxygen atoms in total. The molecule has 114 valence electrons. The monoisotopic (exact) mass is 305 g/mol. The summed E-state index contributed by atoms with van der Waals surface area (Å²) in [6, 6.07) is 6.95. The van der Waals surface area contributed by atoms with E-state index in [-0.39, 0.29) is 16.9 Å². The SMILES string of the molecule is CC(C)(C)[Si](C)(C)OCCN1C(=O)c2ccccc2C1=O. The van der Waals surface area contributed by atoms with Gasteiger partial charge in [-0.05, 0) is 30.3 Å². The average molecular weight is 305 g/mol. The second-order valence-corrected chi connectivity index (χ2v) is 11.7. The summed E-state index contributed by atoms with van der Waals surface area (Å²) in [5.41, 5.74) is 0.990. The first-order chi connectivity index (χ1) is 9.65. The number of hydrogen-bond donors (Lipinski definition) is 0. The van der Waals surface area contributed by atoms with Crippen molar-refractivity contribution in [1.29, 1.82) is 0 Å². The Morgan fingerprint density at radius 3 is 1.95 bits per heavy atom. The van der Waals surface area contributed by atoms with Crippen molar-refractivity contribution in [3.05, 3.63) is 35.4 Å². The van der Waals surface area contributed by atoms with E-state index in [1.54, 1.807) is 24.3 Å². The van der Waals surface area contributed by atoms with E-state index in [1.807, 2.05) is 0 Å². The minimum absolute atomic E-state index is 0.120. The normalized spacial score (nSPS) is 15.6. The lowest BCUT2D eigenvalue weighted by Gasteiger charge is -2.36. The highest BCUT2D eigenvalue weighted by Crippen LogP contribution is 2.36.